The van der Waals surface area contributed by atoms with E-state index < -0.39 is 10.0 Å². The van der Waals surface area contributed by atoms with E-state index in [4.69, 9.17) is 10.5 Å². The number of nitrogens with two attached hydrogens (primary N) is 1. The topological polar surface area (TPSA) is 72.6 Å². The fraction of sp³-hybridized carbons (Fsp3) is 0.571. The van der Waals surface area contributed by atoms with Gasteiger partial charge in [-0.05, 0) is 37.3 Å². The average molecular weight is 332 g/mol. The van der Waals surface area contributed by atoms with Crippen molar-refractivity contribution in [1.29, 1.82) is 0 Å². The number of thioether (sulfide) groups is 1. The number of ether oxygens (including phenoxy) is 1. The van der Waals surface area contributed by atoms with Crippen LogP contribution in [0, 0.1) is 6.92 Å². The molecule has 2 N–H and O–H groups in total. The standard InChI is InChI=1S/C14H24N2O3S2/c1-6-11(9-20-5)16(3)21(17,18)14-8-12(15)10(2)7-13(14)19-4/h7-8,11H,6,9,15H2,1-5H3. The third-order valence-electron chi connectivity index (χ3n) is 3.55. The first-order valence-electron chi connectivity index (χ1n) is 6.70. The normalized spacial score (nSPS) is 13.4. The molecule has 0 saturated carbocycles. The van der Waals surface area contributed by atoms with Crippen molar-refractivity contribution in [3.63, 3.8) is 0 Å². The van der Waals surface area contributed by atoms with Gasteiger partial charge in [0, 0.05) is 24.5 Å². The van der Waals surface area contributed by atoms with E-state index in [0.717, 1.165) is 17.7 Å². The summed E-state index contributed by atoms with van der Waals surface area (Å²) in [5.74, 6) is 1.07. The van der Waals surface area contributed by atoms with Crippen molar-refractivity contribution in [2.24, 2.45) is 0 Å². The molecule has 5 nitrogen and oxygen atoms in total. The molecule has 21 heavy (non-hydrogen) atoms. The quantitative estimate of drug-likeness (QED) is 0.776. The number of sulfonamides is 1. The molecule has 1 atom stereocenters. The molecule has 120 valence electrons. The Morgan fingerprint density at radius 2 is 2.05 bits per heavy atom. The molecule has 0 amide bonds. The number of methoxy groups -OCH3 is 1. The van der Waals surface area contributed by atoms with Crippen LogP contribution in [-0.2, 0) is 10.0 Å². The molecule has 0 aromatic heterocycles. The Morgan fingerprint density at radius 3 is 2.52 bits per heavy atom. The lowest BCUT2D eigenvalue weighted by atomic mass is 10.2. The van der Waals surface area contributed by atoms with Crippen LogP contribution in [0.15, 0.2) is 17.0 Å². The summed E-state index contributed by atoms with van der Waals surface area (Å²) in [6, 6.07) is 3.08. The van der Waals surface area contributed by atoms with Gasteiger partial charge in [0.15, 0.2) is 0 Å². The molecule has 1 aromatic carbocycles. The highest BCUT2D eigenvalue weighted by molar-refractivity contribution is 7.98. The molecule has 0 aliphatic rings. The van der Waals surface area contributed by atoms with Gasteiger partial charge < -0.3 is 10.5 Å². The lowest BCUT2D eigenvalue weighted by Gasteiger charge is -2.27. The third kappa shape index (κ3) is 3.84. The summed E-state index contributed by atoms with van der Waals surface area (Å²) < 4.78 is 32.3. The zero-order valence-corrected chi connectivity index (χ0v) is 14.8. The van der Waals surface area contributed by atoms with Crippen LogP contribution in [0.1, 0.15) is 18.9 Å². The van der Waals surface area contributed by atoms with Crippen LogP contribution >= 0.6 is 11.8 Å². The van der Waals surface area contributed by atoms with Crippen LogP contribution in [0.2, 0.25) is 0 Å². The second-order valence-electron chi connectivity index (χ2n) is 4.90. The van der Waals surface area contributed by atoms with Gasteiger partial charge in [0.2, 0.25) is 10.0 Å². The fourth-order valence-corrected chi connectivity index (χ4v) is 4.60. The van der Waals surface area contributed by atoms with Crippen molar-refractivity contribution in [2.45, 2.75) is 31.2 Å². The number of nitrogen functional groups attached to an aromatic ring is 1. The van der Waals surface area contributed by atoms with E-state index in [1.807, 2.05) is 20.1 Å². The van der Waals surface area contributed by atoms with E-state index in [0.29, 0.717) is 11.4 Å². The Bertz CT molecular complexity index is 588. The van der Waals surface area contributed by atoms with Crippen molar-refractivity contribution in [3.8, 4) is 5.75 Å². The molecule has 0 saturated heterocycles. The number of aryl methyl sites for hydroxylation is 1. The Morgan fingerprint density at radius 1 is 1.43 bits per heavy atom. The smallest absolute Gasteiger partial charge is 0.246 e. The summed E-state index contributed by atoms with van der Waals surface area (Å²) in [4.78, 5) is 0.121. The van der Waals surface area contributed by atoms with Crippen molar-refractivity contribution in [3.05, 3.63) is 17.7 Å². The number of hydrogen-bond donors (Lipinski definition) is 1. The highest BCUT2D eigenvalue weighted by atomic mass is 32.2. The zero-order valence-electron chi connectivity index (χ0n) is 13.2. The highest BCUT2D eigenvalue weighted by Gasteiger charge is 2.30. The van der Waals surface area contributed by atoms with E-state index >= 15 is 0 Å². The van der Waals surface area contributed by atoms with Crippen molar-refractivity contribution in [1.82, 2.24) is 4.31 Å². The molecule has 7 heteroatoms. The first-order chi connectivity index (χ1) is 9.79. The second kappa shape index (κ2) is 7.38. The molecule has 0 heterocycles. The van der Waals surface area contributed by atoms with Gasteiger partial charge in [0.1, 0.15) is 10.6 Å². The van der Waals surface area contributed by atoms with Crippen LogP contribution in [-0.4, -0.2) is 44.9 Å². The molecule has 0 radical (unpaired) electrons. The van der Waals surface area contributed by atoms with Crippen LogP contribution < -0.4 is 10.5 Å². The molecule has 0 aliphatic heterocycles. The maximum Gasteiger partial charge on any atom is 0.246 e. The molecule has 0 aliphatic carbocycles. The highest BCUT2D eigenvalue weighted by Crippen LogP contribution is 2.31. The van der Waals surface area contributed by atoms with Gasteiger partial charge in [-0.25, -0.2) is 8.42 Å². The number of rotatable bonds is 7. The van der Waals surface area contributed by atoms with Crippen LogP contribution in [0.3, 0.4) is 0 Å². The van der Waals surface area contributed by atoms with Gasteiger partial charge in [-0.2, -0.15) is 16.1 Å². The van der Waals surface area contributed by atoms with Gasteiger partial charge in [-0.3, -0.25) is 0 Å². The van der Waals surface area contributed by atoms with Crippen LogP contribution in [0.4, 0.5) is 5.69 Å². The van der Waals surface area contributed by atoms with Crippen LogP contribution in [0.25, 0.3) is 0 Å². The Kier molecular flexibility index (Phi) is 6.37. The summed E-state index contributed by atoms with van der Waals surface area (Å²) >= 11 is 1.63. The Balaban J connectivity index is 3.33. The van der Waals surface area contributed by atoms with Gasteiger partial charge in [-0.15, -0.1) is 0 Å². The maximum absolute atomic E-state index is 12.8. The van der Waals surface area contributed by atoms with Gasteiger partial charge >= 0.3 is 0 Å². The lowest BCUT2D eigenvalue weighted by Crippen LogP contribution is -2.38. The predicted octanol–water partition coefficient (Wildman–Crippen LogP) is 2.35. The maximum atomic E-state index is 12.8. The first-order valence-corrected chi connectivity index (χ1v) is 9.54. The minimum atomic E-state index is -3.64. The molecular weight excluding hydrogens is 308 g/mol. The Hall–Kier alpha value is -0.920. The second-order valence-corrected chi connectivity index (χ2v) is 7.77. The van der Waals surface area contributed by atoms with Crippen molar-refractivity contribution < 1.29 is 13.2 Å². The lowest BCUT2D eigenvalue weighted by molar-refractivity contribution is 0.374. The fourth-order valence-electron chi connectivity index (χ4n) is 2.06. The molecule has 0 fully saturated rings. The zero-order chi connectivity index (χ0) is 16.2. The number of anilines is 1. The molecule has 0 bridgehead atoms. The van der Waals surface area contributed by atoms with Gasteiger partial charge in [0.05, 0.1) is 7.11 Å². The first kappa shape index (κ1) is 18.1. The number of benzene rings is 1. The van der Waals surface area contributed by atoms with E-state index in [1.165, 1.54) is 17.5 Å². The molecule has 1 rings (SSSR count). The number of hydrogen-bond acceptors (Lipinski definition) is 5. The van der Waals surface area contributed by atoms with E-state index in [1.54, 1.807) is 24.9 Å². The average Bonchev–Trinajstić information content (AvgIpc) is 2.46. The van der Waals surface area contributed by atoms with Crippen molar-refractivity contribution in [2.75, 3.05) is 31.9 Å². The summed E-state index contributed by atoms with van der Waals surface area (Å²) in [7, 11) is -0.572. The summed E-state index contributed by atoms with van der Waals surface area (Å²) in [5.41, 5.74) is 7.11. The van der Waals surface area contributed by atoms with Crippen molar-refractivity contribution >= 4 is 27.5 Å². The minimum Gasteiger partial charge on any atom is -0.495 e. The molecular formula is C14H24N2O3S2. The van der Waals surface area contributed by atoms with E-state index in [2.05, 4.69) is 0 Å². The molecule has 1 aromatic rings. The van der Waals surface area contributed by atoms with Crippen LogP contribution in [0.5, 0.6) is 5.75 Å². The van der Waals surface area contributed by atoms with Gasteiger partial charge in [0.25, 0.3) is 0 Å². The molecule has 1 unspecified atom stereocenters. The third-order valence-corrected chi connectivity index (χ3v) is 6.20. The monoisotopic (exact) mass is 332 g/mol. The summed E-state index contributed by atoms with van der Waals surface area (Å²) in [5, 5.41) is 0. The SMILES string of the molecule is CCC(CSC)N(C)S(=O)(=O)c1cc(N)c(C)cc1OC. The van der Waals surface area contributed by atoms with E-state index in [9.17, 15) is 8.42 Å². The molecule has 0 spiro atoms. The number of nitrogens with zero attached hydrogens (tertiary/aromatic N) is 1. The summed E-state index contributed by atoms with van der Waals surface area (Å²) in [6.07, 6.45) is 2.72. The largest absolute Gasteiger partial charge is 0.495 e. The predicted molar refractivity (Wildman–Crippen MR) is 89.6 cm³/mol. The summed E-state index contributed by atoms with van der Waals surface area (Å²) in [6.45, 7) is 3.80. The Labute approximate surface area is 131 Å². The minimum absolute atomic E-state index is 0.0581. The van der Waals surface area contributed by atoms with Gasteiger partial charge in [-0.1, -0.05) is 6.92 Å². The van der Waals surface area contributed by atoms with E-state index in [-0.39, 0.29) is 10.9 Å².